The van der Waals surface area contributed by atoms with Gasteiger partial charge in [0.25, 0.3) is 0 Å². The third kappa shape index (κ3) is 6.79. The number of aliphatic carboxylic acids is 1. The monoisotopic (exact) mass is 349 g/mol. The molecule has 24 heavy (non-hydrogen) atoms. The molecule has 5 heteroatoms. The molecule has 0 fully saturated rings. The van der Waals surface area contributed by atoms with Crippen molar-refractivity contribution in [3.63, 3.8) is 0 Å². The van der Waals surface area contributed by atoms with Crippen molar-refractivity contribution in [2.24, 2.45) is 5.92 Å². The van der Waals surface area contributed by atoms with Gasteiger partial charge in [-0.2, -0.15) is 0 Å². The van der Waals surface area contributed by atoms with E-state index in [-0.39, 0.29) is 11.8 Å². The molecule has 1 N–H and O–H groups in total. The highest BCUT2D eigenvalue weighted by molar-refractivity contribution is 7.80. The molecular weight excluding hydrogens is 322 g/mol. The van der Waals surface area contributed by atoms with Crippen molar-refractivity contribution in [3.05, 3.63) is 35.9 Å². The molecule has 0 unspecified atom stereocenters. The lowest BCUT2D eigenvalue weighted by atomic mass is 10.0. The van der Waals surface area contributed by atoms with Gasteiger partial charge in [0.15, 0.2) is 0 Å². The van der Waals surface area contributed by atoms with Crippen LogP contribution in [-0.2, 0) is 16.0 Å². The summed E-state index contributed by atoms with van der Waals surface area (Å²) in [6.45, 7) is 3.61. The molecule has 0 spiro atoms. The maximum atomic E-state index is 12.2. The number of likely N-dealkylation sites (N-methyl/N-ethyl adjacent to an activating group) is 1. The van der Waals surface area contributed by atoms with Crippen LogP contribution in [0.3, 0.4) is 0 Å². The van der Waals surface area contributed by atoms with Gasteiger partial charge in [-0.3, -0.25) is 4.79 Å². The zero-order valence-corrected chi connectivity index (χ0v) is 15.5. The highest BCUT2D eigenvalue weighted by atomic mass is 32.1. The smallest absolute Gasteiger partial charge is 0.326 e. The number of aryl methyl sites for hydroxylation is 1. The predicted octanol–water partition coefficient (Wildman–Crippen LogP) is 3.73. The third-order valence-electron chi connectivity index (χ3n) is 4.08. The number of nitrogens with zero attached hydrogens (tertiary/aromatic N) is 1. The Kier molecular flexibility index (Phi) is 8.61. The highest BCUT2D eigenvalue weighted by Gasteiger charge is 2.28. The molecular formula is C19H27NO3S. The molecule has 1 atom stereocenters. The van der Waals surface area contributed by atoms with Crippen molar-refractivity contribution in [3.8, 4) is 0 Å². The minimum atomic E-state index is -0.959. The molecule has 0 aromatic heterocycles. The van der Waals surface area contributed by atoms with Gasteiger partial charge in [-0.05, 0) is 42.0 Å². The minimum Gasteiger partial charge on any atom is -0.480 e. The fraction of sp³-hybridized carbons (Fsp3) is 0.526. The fourth-order valence-electron chi connectivity index (χ4n) is 2.72. The summed E-state index contributed by atoms with van der Waals surface area (Å²) < 4.78 is 0. The first-order valence-electron chi connectivity index (χ1n) is 8.37. The van der Waals surface area contributed by atoms with Gasteiger partial charge >= 0.3 is 5.97 Å². The SMILES string of the molecule is CC(C)[C@@H](C(=O)O)N(C)C(=O)CCCC(=S)CCc1ccccc1. The Labute approximate surface area is 149 Å². The topological polar surface area (TPSA) is 57.6 Å². The molecule has 1 amide bonds. The summed E-state index contributed by atoms with van der Waals surface area (Å²) >= 11 is 5.39. The van der Waals surface area contributed by atoms with E-state index in [4.69, 9.17) is 12.2 Å². The normalized spacial score (nSPS) is 12.0. The summed E-state index contributed by atoms with van der Waals surface area (Å²) in [7, 11) is 1.56. The van der Waals surface area contributed by atoms with Crippen LogP contribution in [0, 0.1) is 5.92 Å². The van der Waals surface area contributed by atoms with Gasteiger partial charge in [-0.25, -0.2) is 4.79 Å². The first kappa shape index (κ1) is 20.3. The number of hydrogen-bond acceptors (Lipinski definition) is 3. The first-order chi connectivity index (χ1) is 11.3. The molecule has 0 saturated carbocycles. The molecule has 0 aliphatic rings. The summed E-state index contributed by atoms with van der Waals surface area (Å²) in [5.74, 6) is -1.22. The zero-order valence-electron chi connectivity index (χ0n) is 14.7. The van der Waals surface area contributed by atoms with Crippen LogP contribution in [0.5, 0.6) is 0 Å². The highest BCUT2D eigenvalue weighted by Crippen LogP contribution is 2.13. The van der Waals surface area contributed by atoms with E-state index in [1.165, 1.54) is 10.5 Å². The minimum absolute atomic E-state index is 0.122. The van der Waals surface area contributed by atoms with E-state index in [9.17, 15) is 14.7 Å². The van der Waals surface area contributed by atoms with Crippen LogP contribution in [0.1, 0.15) is 45.1 Å². The van der Waals surface area contributed by atoms with Crippen LogP contribution >= 0.6 is 12.2 Å². The van der Waals surface area contributed by atoms with E-state index >= 15 is 0 Å². The van der Waals surface area contributed by atoms with Crippen LogP contribution in [0.4, 0.5) is 0 Å². The van der Waals surface area contributed by atoms with E-state index in [0.29, 0.717) is 12.8 Å². The molecule has 0 aliphatic heterocycles. The summed E-state index contributed by atoms with van der Waals surface area (Å²) in [5.41, 5.74) is 1.26. The van der Waals surface area contributed by atoms with Crippen LogP contribution in [0.2, 0.25) is 0 Å². The Morgan fingerprint density at radius 3 is 2.29 bits per heavy atom. The predicted molar refractivity (Wildman–Crippen MR) is 100 cm³/mol. The second-order valence-corrected chi connectivity index (χ2v) is 6.99. The average Bonchev–Trinajstić information content (AvgIpc) is 2.53. The maximum Gasteiger partial charge on any atom is 0.326 e. The van der Waals surface area contributed by atoms with Crippen molar-refractivity contribution in [2.75, 3.05) is 7.05 Å². The Morgan fingerprint density at radius 1 is 1.12 bits per heavy atom. The number of rotatable bonds is 10. The van der Waals surface area contributed by atoms with E-state index in [1.54, 1.807) is 20.9 Å². The van der Waals surface area contributed by atoms with E-state index in [2.05, 4.69) is 12.1 Å². The van der Waals surface area contributed by atoms with Crippen LogP contribution in [-0.4, -0.2) is 39.8 Å². The lowest BCUT2D eigenvalue weighted by Gasteiger charge is -2.27. The van der Waals surface area contributed by atoms with E-state index < -0.39 is 12.0 Å². The van der Waals surface area contributed by atoms with E-state index in [1.807, 2.05) is 18.2 Å². The van der Waals surface area contributed by atoms with E-state index in [0.717, 1.165) is 24.1 Å². The number of carboxylic acids is 1. The number of carboxylic acid groups (broad SMARTS) is 1. The average molecular weight is 349 g/mol. The number of benzene rings is 1. The summed E-state index contributed by atoms with van der Waals surface area (Å²) in [6.07, 6.45) is 3.48. The largest absolute Gasteiger partial charge is 0.480 e. The standard InChI is InChI=1S/C19H27NO3S/c1-14(2)18(19(22)23)20(3)17(21)11-7-10-16(24)13-12-15-8-5-4-6-9-15/h4-6,8-9,14,18H,7,10-13H2,1-3H3,(H,22,23)/t18-/m0/s1. The number of amides is 1. The molecule has 0 aliphatic carbocycles. The summed E-state index contributed by atoms with van der Waals surface area (Å²) in [6, 6.07) is 9.41. The molecule has 1 aromatic rings. The molecule has 4 nitrogen and oxygen atoms in total. The third-order valence-corrected chi connectivity index (χ3v) is 4.48. The van der Waals surface area contributed by atoms with Crippen LogP contribution in [0.25, 0.3) is 0 Å². The molecule has 0 bridgehead atoms. The van der Waals surface area contributed by atoms with Gasteiger partial charge in [0.1, 0.15) is 6.04 Å². The summed E-state index contributed by atoms with van der Waals surface area (Å²) in [5, 5.41) is 9.24. The van der Waals surface area contributed by atoms with Crippen LogP contribution < -0.4 is 0 Å². The van der Waals surface area contributed by atoms with Crippen molar-refractivity contribution in [2.45, 2.75) is 52.0 Å². The Hall–Kier alpha value is -1.75. The van der Waals surface area contributed by atoms with Gasteiger partial charge in [-0.1, -0.05) is 56.4 Å². The Balaban J connectivity index is 2.34. The number of carbonyl (C=O) groups excluding carboxylic acids is 1. The second-order valence-electron chi connectivity index (χ2n) is 6.41. The van der Waals surface area contributed by atoms with Crippen molar-refractivity contribution < 1.29 is 14.7 Å². The summed E-state index contributed by atoms with van der Waals surface area (Å²) in [4.78, 5) is 25.8. The van der Waals surface area contributed by atoms with Gasteiger partial charge in [0.05, 0.1) is 0 Å². The lowest BCUT2D eigenvalue weighted by Crippen LogP contribution is -2.45. The quantitative estimate of drug-likeness (QED) is 0.654. The number of carbonyl (C=O) groups is 2. The Bertz CT molecular complexity index is 557. The first-order valence-corrected chi connectivity index (χ1v) is 8.77. The number of hydrogen-bond donors (Lipinski definition) is 1. The van der Waals surface area contributed by atoms with Gasteiger partial charge in [-0.15, -0.1) is 0 Å². The Morgan fingerprint density at radius 2 is 1.75 bits per heavy atom. The molecule has 1 rings (SSSR count). The molecule has 132 valence electrons. The lowest BCUT2D eigenvalue weighted by molar-refractivity contribution is -0.151. The fourth-order valence-corrected chi connectivity index (χ4v) is 2.97. The van der Waals surface area contributed by atoms with Gasteiger partial charge in [0.2, 0.25) is 5.91 Å². The maximum absolute atomic E-state index is 12.2. The van der Waals surface area contributed by atoms with Crippen molar-refractivity contribution in [1.82, 2.24) is 4.90 Å². The molecule has 0 radical (unpaired) electrons. The number of thiocarbonyl (C=S) groups is 1. The van der Waals surface area contributed by atoms with Crippen molar-refractivity contribution >= 4 is 29.0 Å². The molecule has 1 aromatic carbocycles. The molecule has 0 heterocycles. The van der Waals surface area contributed by atoms with Crippen LogP contribution in [0.15, 0.2) is 30.3 Å². The van der Waals surface area contributed by atoms with Crippen molar-refractivity contribution in [1.29, 1.82) is 0 Å². The zero-order chi connectivity index (χ0) is 18.1. The van der Waals surface area contributed by atoms with Gasteiger partial charge < -0.3 is 10.0 Å². The molecule has 0 saturated heterocycles. The van der Waals surface area contributed by atoms with Gasteiger partial charge in [0, 0.05) is 13.5 Å². The second kappa shape index (κ2) is 10.2.